The summed E-state index contributed by atoms with van der Waals surface area (Å²) in [6.45, 7) is 5.50. The number of hydrogen-bond donors (Lipinski definition) is 1. The SMILES string of the molecule is FC(F)c1ncncc1-c1nc(N2CCNCC2)nc(N2CCOCC2)n1. The number of piperazine rings is 1. The summed E-state index contributed by atoms with van der Waals surface area (Å²) < 4.78 is 32.2. The maximum Gasteiger partial charge on any atom is 0.281 e. The van der Waals surface area contributed by atoms with Crippen LogP contribution in [0.2, 0.25) is 0 Å². The van der Waals surface area contributed by atoms with Crippen molar-refractivity contribution in [3.8, 4) is 11.4 Å². The molecule has 0 radical (unpaired) electrons. The first-order chi connectivity index (χ1) is 13.2. The molecule has 2 aromatic heterocycles. The lowest BCUT2D eigenvalue weighted by atomic mass is 10.2. The smallest absolute Gasteiger partial charge is 0.281 e. The number of anilines is 2. The van der Waals surface area contributed by atoms with Gasteiger partial charge in [-0.15, -0.1) is 0 Å². The number of ether oxygens (including phenoxy) is 1. The molecule has 1 N–H and O–H groups in total. The van der Waals surface area contributed by atoms with Crippen molar-refractivity contribution in [1.82, 2.24) is 30.2 Å². The van der Waals surface area contributed by atoms with Crippen LogP contribution in [0.3, 0.4) is 0 Å². The van der Waals surface area contributed by atoms with Crippen LogP contribution in [-0.4, -0.2) is 77.4 Å². The molecule has 2 aliphatic heterocycles. The molecule has 2 aliphatic rings. The monoisotopic (exact) mass is 378 g/mol. The second-order valence-corrected chi connectivity index (χ2v) is 6.22. The Morgan fingerprint density at radius 3 is 2.30 bits per heavy atom. The molecule has 0 spiro atoms. The summed E-state index contributed by atoms with van der Waals surface area (Å²) in [5.41, 5.74) is -0.254. The number of morpholine rings is 1. The van der Waals surface area contributed by atoms with Gasteiger partial charge in [0, 0.05) is 45.5 Å². The van der Waals surface area contributed by atoms with Gasteiger partial charge >= 0.3 is 0 Å². The highest BCUT2D eigenvalue weighted by molar-refractivity contribution is 5.60. The van der Waals surface area contributed by atoms with Crippen LogP contribution in [0.25, 0.3) is 11.4 Å². The van der Waals surface area contributed by atoms with Gasteiger partial charge in [-0.25, -0.2) is 18.7 Å². The Morgan fingerprint density at radius 2 is 1.63 bits per heavy atom. The highest BCUT2D eigenvalue weighted by Gasteiger charge is 2.24. The highest BCUT2D eigenvalue weighted by Crippen LogP contribution is 2.28. The molecule has 27 heavy (non-hydrogen) atoms. The quantitative estimate of drug-likeness (QED) is 0.817. The van der Waals surface area contributed by atoms with Crippen molar-refractivity contribution in [1.29, 1.82) is 0 Å². The fourth-order valence-electron chi connectivity index (χ4n) is 3.07. The maximum absolute atomic E-state index is 13.4. The molecule has 0 unspecified atom stereocenters. The fraction of sp³-hybridized carbons (Fsp3) is 0.562. The topological polar surface area (TPSA) is 92.2 Å². The van der Waals surface area contributed by atoms with E-state index in [1.54, 1.807) is 0 Å². The van der Waals surface area contributed by atoms with E-state index in [1.807, 2.05) is 9.80 Å². The van der Waals surface area contributed by atoms with Crippen LogP contribution in [-0.2, 0) is 4.74 Å². The Morgan fingerprint density at radius 1 is 0.963 bits per heavy atom. The average Bonchev–Trinajstić information content (AvgIpc) is 2.74. The predicted molar refractivity (Wildman–Crippen MR) is 93.9 cm³/mol. The van der Waals surface area contributed by atoms with E-state index in [2.05, 4.69) is 30.2 Å². The van der Waals surface area contributed by atoms with Crippen molar-refractivity contribution in [2.75, 3.05) is 62.3 Å². The van der Waals surface area contributed by atoms with Crippen LogP contribution < -0.4 is 15.1 Å². The maximum atomic E-state index is 13.4. The molecule has 0 atom stereocenters. The van der Waals surface area contributed by atoms with E-state index >= 15 is 0 Å². The Balaban J connectivity index is 1.78. The number of hydrogen-bond acceptors (Lipinski definition) is 9. The average molecular weight is 378 g/mol. The molecule has 4 heterocycles. The van der Waals surface area contributed by atoms with Gasteiger partial charge < -0.3 is 19.9 Å². The fourth-order valence-corrected chi connectivity index (χ4v) is 3.07. The van der Waals surface area contributed by atoms with Crippen molar-refractivity contribution in [2.24, 2.45) is 0 Å². The Bertz CT molecular complexity index is 745. The van der Waals surface area contributed by atoms with Crippen LogP contribution >= 0.6 is 0 Å². The third-order valence-electron chi connectivity index (χ3n) is 4.50. The zero-order valence-electron chi connectivity index (χ0n) is 14.7. The van der Waals surface area contributed by atoms with E-state index in [-0.39, 0.29) is 17.1 Å². The van der Waals surface area contributed by atoms with Crippen LogP contribution in [0.4, 0.5) is 20.7 Å². The summed E-state index contributed by atoms with van der Waals surface area (Å²) in [5, 5.41) is 3.27. The molecular weight excluding hydrogens is 358 g/mol. The van der Waals surface area contributed by atoms with E-state index in [0.29, 0.717) is 38.2 Å². The first-order valence-corrected chi connectivity index (χ1v) is 8.85. The normalized spacial score (nSPS) is 18.2. The van der Waals surface area contributed by atoms with E-state index in [4.69, 9.17) is 4.74 Å². The molecule has 2 fully saturated rings. The lowest BCUT2D eigenvalue weighted by molar-refractivity contribution is 0.122. The molecule has 0 aromatic carbocycles. The van der Waals surface area contributed by atoms with Gasteiger partial charge in [0.2, 0.25) is 11.9 Å². The molecular formula is C16H20F2N8O. The summed E-state index contributed by atoms with van der Waals surface area (Å²) in [7, 11) is 0. The molecule has 11 heteroatoms. The molecule has 0 amide bonds. The largest absolute Gasteiger partial charge is 0.378 e. The summed E-state index contributed by atoms with van der Waals surface area (Å²) in [4.78, 5) is 25.1. The second kappa shape index (κ2) is 8.01. The van der Waals surface area contributed by atoms with Crippen molar-refractivity contribution in [2.45, 2.75) is 6.43 Å². The van der Waals surface area contributed by atoms with E-state index in [1.165, 1.54) is 6.20 Å². The van der Waals surface area contributed by atoms with Gasteiger partial charge in [0.05, 0.1) is 18.8 Å². The first kappa shape index (κ1) is 17.9. The number of nitrogens with one attached hydrogen (secondary N) is 1. The zero-order valence-corrected chi connectivity index (χ0v) is 14.7. The van der Waals surface area contributed by atoms with Gasteiger partial charge in [0.1, 0.15) is 12.0 Å². The minimum Gasteiger partial charge on any atom is -0.378 e. The number of aromatic nitrogens is 5. The molecule has 4 rings (SSSR count). The molecule has 0 bridgehead atoms. The predicted octanol–water partition coefficient (Wildman–Crippen LogP) is 0.512. The lowest BCUT2D eigenvalue weighted by Crippen LogP contribution is -2.44. The minimum absolute atomic E-state index is 0.126. The second-order valence-electron chi connectivity index (χ2n) is 6.22. The van der Waals surface area contributed by atoms with Crippen LogP contribution in [0.5, 0.6) is 0 Å². The summed E-state index contributed by atoms with van der Waals surface area (Å²) in [5.74, 6) is 1.10. The van der Waals surface area contributed by atoms with E-state index < -0.39 is 6.43 Å². The number of rotatable bonds is 4. The molecule has 2 saturated heterocycles. The lowest BCUT2D eigenvalue weighted by Gasteiger charge is -2.30. The van der Waals surface area contributed by atoms with Crippen LogP contribution in [0.15, 0.2) is 12.5 Å². The minimum atomic E-state index is -2.74. The molecule has 9 nitrogen and oxygen atoms in total. The van der Waals surface area contributed by atoms with Gasteiger partial charge in [0.15, 0.2) is 5.82 Å². The molecule has 2 aromatic rings. The Hall–Kier alpha value is -2.53. The standard InChI is InChI=1S/C16H20F2N8O/c17-13(18)12-11(9-20-10-21-12)14-22-15(25-3-1-19-2-4-25)24-16(23-14)26-5-7-27-8-6-26/h9-10,13,19H,1-8H2. The number of alkyl halides is 2. The third kappa shape index (κ3) is 3.93. The van der Waals surface area contributed by atoms with Gasteiger partial charge in [-0.2, -0.15) is 15.0 Å². The number of halogens is 2. The number of nitrogens with zero attached hydrogens (tertiary/aromatic N) is 7. The molecule has 144 valence electrons. The van der Waals surface area contributed by atoms with Crippen molar-refractivity contribution >= 4 is 11.9 Å². The Labute approximate surface area is 154 Å². The van der Waals surface area contributed by atoms with Crippen molar-refractivity contribution in [3.63, 3.8) is 0 Å². The third-order valence-corrected chi connectivity index (χ3v) is 4.50. The summed E-state index contributed by atoms with van der Waals surface area (Å²) in [6.07, 6.45) is -0.310. The van der Waals surface area contributed by atoms with Gasteiger partial charge in [-0.05, 0) is 0 Å². The van der Waals surface area contributed by atoms with Crippen molar-refractivity contribution in [3.05, 3.63) is 18.2 Å². The molecule has 0 saturated carbocycles. The van der Waals surface area contributed by atoms with Crippen LogP contribution in [0.1, 0.15) is 12.1 Å². The summed E-state index contributed by atoms with van der Waals surface area (Å²) >= 11 is 0. The van der Waals surface area contributed by atoms with E-state index in [9.17, 15) is 8.78 Å². The van der Waals surface area contributed by atoms with Gasteiger partial charge in [0.25, 0.3) is 6.43 Å². The summed E-state index contributed by atoms with van der Waals surface area (Å²) in [6, 6.07) is 0. The Kier molecular flexibility index (Phi) is 5.30. The highest BCUT2D eigenvalue weighted by atomic mass is 19.3. The van der Waals surface area contributed by atoms with Crippen LogP contribution in [0, 0.1) is 0 Å². The van der Waals surface area contributed by atoms with E-state index in [0.717, 1.165) is 32.5 Å². The molecule has 0 aliphatic carbocycles. The van der Waals surface area contributed by atoms with Crippen molar-refractivity contribution < 1.29 is 13.5 Å². The van der Waals surface area contributed by atoms with Gasteiger partial charge in [-0.3, -0.25) is 0 Å². The first-order valence-electron chi connectivity index (χ1n) is 8.85. The zero-order chi connectivity index (χ0) is 18.6. The van der Waals surface area contributed by atoms with Gasteiger partial charge in [-0.1, -0.05) is 0 Å².